The van der Waals surface area contributed by atoms with E-state index in [-0.39, 0.29) is 18.1 Å². The zero-order valence-electron chi connectivity index (χ0n) is 14.3. The smallest absolute Gasteiger partial charge is 0.323 e. The van der Waals surface area contributed by atoms with Crippen LogP contribution in [0, 0.1) is 5.92 Å². The lowest BCUT2D eigenvalue weighted by Crippen LogP contribution is -2.53. The molecule has 0 N–H and O–H groups in total. The monoisotopic (exact) mass is 322 g/mol. The molecule has 1 saturated carbocycles. The molecule has 1 amide bonds. The zero-order chi connectivity index (χ0) is 16.2. The van der Waals surface area contributed by atoms with Crippen LogP contribution in [0.25, 0.3) is 0 Å². The van der Waals surface area contributed by atoms with Gasteiger partial charge in [0.1, 0.15) is 12.1 Å². The molecule has 23 heavy (non-hydrogen) atoms. The first-order chi connectivity index (χ1) is 11.1. The van der Waals surface area contributed by atoms with Gasteiger partial charge in [0.25, 0.3) is 0 Å². The van der Waals surface area contributed by atoms with Crippen LogP contribution in [0.3, 0.4) is 0 Å². The van der Waals surface area contributed by atoms with E-state index in [4.69, 9.17) is 4.74 Å². The largest absolute Gasteiger partial charge is 0.461 e. The molecule has 0 bridgehead atoms. The van der Waals surface area contributed by atoms with Crippen molar-refractivity contribution in [3.05, 3.63) is 0 Å². The van der Waals surface area contributed by atoms with Crippen molar-refractivity contribution >= 4 is 11.9 Å². The van der Waals surface area contributed by atoms with Crippen LogP contribution in [-0.4, -0.2) is 60.0 Å². The lowest BCUT2D eigenvalue weighted by molar-refractivity contribution is -0.145. The SMILES string of the molecule is C[C@@H]1C[C@@H](N2CCN(C(=O)CCC3CCCCC3)CC2)C(=O)O1. The average molecular weight is 322 g/mol. The Morgan fingerprint density at radius 1 is 1.13 bits per heavy atom. The van der Waals surface area contributed by atoms with Gasteiger partial charge in [-0.1, -0.05) is 32.1 Å². The molecule has 5 nitrogen and oxygen atoms in total. The second kappa shape index (κ2) is 7.65. The molecule has 2 aliphatic heterocycles. The first-order valence-corrected chi connectivity index (χ1v) is 9.36. The van der Waals surface area contributed by atoms with Crippen LogP contribution in [0.15, 0.2) is 0 Å². The van der Waals surface area contributed by atoms with Crippen molar-refractivity contribution in [2.75, 3.05) is 26.2 Å². The molecule has 1 aliphatic carbocycles. The van der Waals surface area contributed by atoms with Gasteiger partial charge in [-0.2, -0.15) is 0 Å². The van der Waals surface area contributed by atoms with Gasteiger partial charge in [0.05, 0.1) is 0 Å². The first-order valence-electron chi connectivity index (χ1n) is 9.36. The third-order valence-electron chi connectivity index (χ3n) is 5.74. The third kappa shape index (κ3) is 4.25. The van der Waals surface area contributed by atoms with Gasteiger partial charge in [-0.05, 0) is 19.3 Å². The Morgan fingerprint density at radius 3 is 2.43 bits per heavy atom. The average Bonchev–Trinajstić information content (AvgIpc) is 2.92. The molecule has 0 spiro atoms. The minimum absolute atomic E-state index is 0.0302. The summed E-state index contributed by atoms with van der Waals surface area (Å²) in [6.07, 6.45) is 9.25. The van der Waals surface area contributed by atoms with E-state index in [1.165, 1.54) is 32.1 Å². The maximum Gasteiger partial charge on any atom is 0.323 e. The number of ether oxygens (including phenoxy) is 1. The summed E-state index contributed by atoms with van der Waals surface area (Å²) in [6.45, 7) is 5.04. The van der Waals surface area contributed by atoms with Crippen molar-refractivity contribution < 1.29 is 14.3 Å². The maximum atomic E-state index is 12.4. The Bertz CT molecular complexity index is 426. The van der Waals surface area contributed by atoms with E-state index in [1.54, 1.807) is 0 Å². The van der Waals surface area contributed by atoms with E-state index in [9.17, 15) is 9.59 Å². The molecule has 130 valence electrons. The Morgan fingerprint density at radius 2 is 1.83 bits per heavy atom. The molecule has 0 unspecified atom stereocenters. The Kier molecular flexibility index (Phi) is 5.57. The summed E-state index contributed by atoms with van der Waals surface area (Å²) in [5.41, 5.74) is 0. The summed E-state index contributed by atoms with van der Waals surface area (Å²) in [4.78, 5) is 28.4. The van der Waals surface area contributed by atoms with Gasteiger partial charge in [-0.3, -0.25) is 14.5 Å². The molecule has 5 heteroatoms. The number of hydrogen-bond donors (Lipinski definition) is 0. The molecule has 2 heterocycles. The lowest BCUT2D eigenvalue weighted by atomic mass is 9.86. The molecule has 0 aromatic carbocycles. The molecule has 0 aromatic rings. The molecule has 3 aliphatic rings. The van der Waals surface area contributed by atoms with E-state index in [1.807, 2.05) is 11.8 Å². The summed E-state index contributed by atoms with van der Waals surface area (Å²) < 4.78 is 5.25. The molecular weight excluding hydrogens is 292 g/mol. The molecule has 2 saturated heterocycles. The standard InChI is InChI=1S/C18H30N2O3/c1-14-13-16(18(22)23-14)19-9-11-20(12-10-19)17(21)8-7-15-5-3-2-4-6-15/h14-16H,2-13H2,1H3/t14-,16-/m1/s1. The Balaban J connectivity index is 1.39. The van der Waals surface area contributed by atoms with Crippen LogP contribution in [0.5, 0.6) is 0 Å². The Labute approximate surface area is 139 Å². The van der Waals surface area contributed by atoms with Crippen molar-refractivity contribution in [3.8, 4) is 0 Å². The zero-order valence-corrected chi connectivity index (χ0v) is 14.3. The predicted molar refractivity (Wildman–Crippen MR) is 87.9 cm³/mol. The summed E-state index contributed by atoms with van der Waals surface area (Å²) >= 11 is 0. The highest BCUT2D eigenvalue weighted by molar-refractivity contribution is 5.78. The first kappa shape index (κ1) is 16.7. The van der Waals surface area contributed by atoms with Crippen molar-refractivity contribution in [1.82, 2.24) is 9.80 Å². The van der Waals surface area contributed by atoms with Crippen molar-refractivity contribution in [3.63, 3.8) is 0 Å². The highest BCUT2D eigenvalue weighted by Gasteiger charge is 2.38. The predicted octanol–water partition coefficient (Wildman–Crippen LogP) is 2.20. The van der Waals surface area contributed by atoms with Gasteiger partial charge >= 0.3 is 5.97 Å². The molecule has 3 rings (SSSR count). The third-order valence-corrected chi connectivity index (χ3v) is 5.74. The van der Waals surface area contributed by atoms with Crippen LogP contribution in [0.2, 0.25) is 0 Å². The second-order valence-corrected chi connectivity index (χ2v) is 7.46. The highest BCUT2D eigenvalue weighted by Crippen LogP contribution is 2.27. The number of amides is 1. The number of carbonyl (C=O) groups excluding carboxylic acids is 2. The van der Waals surface area contributed by atoms with E-state index in [2.05, 4.69) is 4.90 Å². The number of carbonyl (C=O) groups is 2. The number of rotatable bonds is 4. The van der Waals surface area contributed by atoms with Gasteiger partial charge in [0.15, 0.2) is 0 Å². The number of nitrogens with zero attached hydrogens (tertiary/aromatic N) is 2. The van der Waals surface area contributed by atoms with Gasteiger partial charge in [-0.25, -0.2) is 0 Å². The van der Waals surface area contributed by atoms with E-state index in [0.29, 0.717) is 12.3 Å². The molecule has 0 aromatic heterocycles. The second-order valence-electron chi connectivity index (χ2n) is 7.46. The van der Waals surface area contributed by atoms with Crippen molar-refractivity contribution in [1.29, 1.82) is 0 Å². The van der Waals surface area contributed by atoms with Crippen LogP contribution in [-0.2, 0) is 14.3 Å². The molecule has 0 radical (unpaired) electrons. The molecule has 2 atom stereocenters. The fourth-order valence-electron chi connectivity index (χ4n) is 4.28. The fourth-order valence-corrected chi connectivity index (χ4v) is 4.28. The van der Waals surface area contributed by atoms with E-state index in [0.717, 1.165) is 44.9 Å². The van der Waals surface area contributed by atoms with Crippen molar-refractivity contribution in [2.45, 2.75) is 70.4 Å². The van der Waals surface area contributed by atoms with Crippen LogP contribution < -0.4 is 0 Å². The number of cyclic esters (lactones) is 1. The van der Waals surface area contributed by atoms with Crippen LogP contribution in [0.4, 0.5) is 0 Å². The normalized spacial score (nSPS) is 30.5. The maximum absolute atomic E-state index is 12.4. The summed E-state index contributed by atoms with van der Waals surface area (Å²) in [5, 5.41) is 0. The summed E-state index contributed by atoms with van der Waals surface area (Å²) in [5.74, 6) is 0.982. The minimum Gasteiger partial charge on any atom is -0.461 e. The van der Waals surface area contributed by atoms with Gasteiger partial charge in [0, 0.05) is 39.0 Å². The van der Waals surface area contributed by atoms with E-state index >= 15 is 0 Å². The summed E-state index contributed by atoms with van der Waals surface area (Å²) in [7, 11) is 0. The van der Waals surface area contributed by atoms with Crippen LogP contribution >= 0.6 is 0 Å². The minimum atomic E-state index is -0.0931. The number of piperazine rings is 1. The number of hydrogen-bond acceptors (Lipinski definition) is 4. The quantitative estimate of drug-likeness (QED) is 0.745. The van der Waals surface area contributed by atoms with Gasteiger partial charge in [0.2, 0.25) is 5.91 Å². The Hall–Kier alpha value is -1.10. The molecule has 3 fully saturated rings. The number of esters is 1. The van der Waals surface area contributed by atoms with Crippen LogP contribution in [0.1, 0.15) is 58.3 Å². The topological polar surface area (TPSA) is 49.9 Å². The van der Waals surface area contributed by atoms with Crippen molar-refractivity contribution in [2.24, 2.45) is 5.92 Å². The van der Waals surface area contributed by atoms with E-state index < -0.39 is 0 Å². The molecular formula is C18H30N2O3. The fraction of sp³-hybridized carbons (Fsp3) is 0.889. The van der Waals surface area contributed by atoms with Gasteiger partial charge in [-0.15, -0.1) is 0 Å². The highest BCUT2D eigenvalue weighted by atomic mass is 16.6. The lowest BCUT2D eigenvalue weighted by Gasteiger charge is -2.36. The summed E-state index contributed by atoms with van der Waals surface area (Å²) in [6, 6.07) is -0.0931. The van der Waals surface area contributed by atoms with Gasteiger partial charge < -0.3 is 9.64 Å².